The average Bonchev–Trinajstić information content (AvgIpc) is 3.01. The van der Waals surface area contributed by atoms with Crippen LogP contribution in [0.4, 0.5) is 4.39 Å². The summed E-state index contributed by atoms with van der Waals surface area (Å²) in [5.41, 5.74) is 1.38. The van der Waals surface area contributed by atoms with E-state index in [1.165, 1.54) is 18.3 Å². The zero-order chi connectivity index (χ0) is 16.4. The molecule has 0 aliphatic heterocycles. The van der Waals surface area contributed by atoms with E-state index in [9.17, 15) is 14.3 Å². The monoisotopic (exact) mass is 328 g/mol. The van der Waals surface area contributed by atoms with Gasteiger partial charge in [-0.05, 0) is 42.7 Å². The van der Waals surface area contributed by atoms with Crippen LogP contribution < -0.4 is 0 Å². The van der Waals surface area contributed by atoms with Crippen molar-refractivity contribution in [2.24, 2.45) is 0 Å². The van der Waals surface area contributed by atoms with Gasteiger partial charge in [-0.2, -0.15) is 0 Å². The summed E-state index contributed by atoms with van der Waals surface area (Å²) in [6, 6.07) is 13.5. The first-order valence-corrected chi connectivity index (χ1v) is 8.04. The number of rotatable bonds is 4. The number of aromatic nitrogens is 2. The Morgan fingerprint density at radius 3 is 2.35 bits per heavy atom. The molecule has 0 bridgehead atoms. The summed E-state index contributed by atoms with van der Waals surface area (Å²) in [7, 11) is 0. The van der Waals surface area contributed by atoms with E-state index in [1.807, 2.05) is 30.5 Å². The van der Waals surface area contributed by atoms with Crippen molar-refractivity contribution in [2.45, 2.75) is 4.90 Å². The first-order chi connectivity index (χ1) is 11.1. The molecule has 3 rings (SSSR count). The predicted octanol–water partition coefficient (Wildman–Crippen LogP) is 4.10. The van der Waals surface area contributed by atoms with Crippen LogP contribution in [0.5, 0.6) is 0 Å². The number of hydrogen-bond donors (Lipinski definition) is 1. The van der Waals surface area contributed by atoms with Crippen LogP contribution in [-0.4, -0.2) is 26.9 Å². The molecule has 3 aromatic rings. The molecule has 0 radical (unpaired) electrons. The molecular formula is C17H13FN2O2S. The molecule has 116 valence electrons. The lowest BCUT2D eigenvalue weighted by Gasteiger charge is -2.08. The van der Waals surface area contributed by atoms with Crippen molar-refractivity contribution in [1.29, 1.82) is 0 Å². The number of aromatic carboxylic acids is 1. The van der Waals surface area contributed by atoms with Crippen LogP contribution in [0.25, 0.3) is 17.1 Å². The maximum absolute atomic E-state index is 13.1. The highest BCUT2D eigenvalue weighted by Gasteiger charge is 2.16. The van der Waals surface area contributed by atoms with Crippen molar-refractivity contribution in [2.75, 3.05) is 6.26 Å². The number of benzene rings is 2. The first-order valence-electron chi connectivity index (χ1n) is 6.81. The Hall–Kier alpha value is -2.60. The molecule has 0 aliphatic carbocycles. The van der Waals surface area contributed by atoms with Crippen LogP contribution in [0, 0.1) is 5.82 Å². The van der Waals surface area contributed by atoms with Crippen molar-refractivity contribution in [3.63, 3.8) is 0 Å². The minimum atomic E-state index is -1.10. The standard InChI is InChI=1S/C17H13FN2O2S/c1-23-14-8-2-11(3-9-14)16-19-15(17(21)22)10-20(16)13-6-4-12(18)5-7-13/h2-10H,1H3,(H,21,22). The molecule has 0 amide bonds. The average molecular weight is 328 g/mol. The zero-order valence-electron chi connectivity index (χ0n) is 12.2. The van der Waals surface area contributed by atoms with Gasteiger partial charge < -0.3 is 5.11 Å². The SMILES string of the molecule is CSc1ccc(-c2nc(C(=O)O)cn2-c2ccc(F)cc2)cc1. The topological polar surface area (TPSA) is 55.1 Å². The number of carboxylic acid groups (broad SMARTS) is 1. The molecule has 6 heteroatoms. The summed E-state index contributed by atoms with van der Waals surface area (Å²) in [4.78, 5) is 16.5. The number of hydrogen-bond acceptors (Lipinski definition) is 3. The van der Waals surface area contributed by atoms with E-state index in [0.29, 0.717) is 11.5 Å². The Morgan fingerprint density at radius 1 is 1.13 bits per heavy atom. The van der Waals surface area contributed by atoms with Gasteiger partial charge in [0.1, 0.15) is 11.6 Å². The minimum Gasteiger partial charge on any atom is -0.476 e. The summed E-state index contributed by atoms with van der Waals surface area (Å²) in [6.45, 7) is 0. The predicted molar refractivity (Wildman–Crippen MR) is 87.7 cm³/mol. The number of imidazole rings is 1. The third-order valence-corrected chi connectivity index (χ3v) is 4.12. The van der Waals surface area contributed by atoms with E-state index in [0.717, 1.165) is 10.5 Å². The lowest BCUT2D eigenvalue weighted by atomic mass is 10.2. The fourth-order valence-corrected chi connectivity index (χ4v) is 2.63. The second-order valence-electron chi connectivity index (χ2n) is 4.83. The Morgan fingerprint density at radius 2 is 1.78 bits per heavy atom. The van der Waals surface area contributed by atoms with Crippen molar-refractivity contribution in [3.8, 4) is 17.1 Å². The second kappa shape index (κ2) is 6.26. The number of carbonyl (C=O) groups is 1. The van der Waals surface area contributed by atoms with Gasteiger partial charge in [-0.25, -0.2) is 14.2 Å². The van der Waals surface area contributed by atoms with Gasteiger partial charge in [0.25, 0.3) is 0 Å². The van der Waals surface area contributed by atoms with Gasteiger partial charge in [-0.3, -0.25) is 4.57 Å². The smallest absolute Gasteiger partial charge is 0.356 e. The molecule has 23 heavy (non-hydrogen) atoms. The van der Waals surface area contributed by atoms with Gasteiger partial charge in [-0.1, -0.05) is 12.1 Å². The molecule has 1 heterocycles. The fraction of sp³-hybridized carbons (Fsp3) is 0.0588. The van der Waals surface area contributed by atoms with Crippen LogP contribution in [0.15, 0.2) is 59.6 Å². The molecule has 0 atom stereocenters. The second-order valence-corrected chi connectivity index (χ2v) is 5.71. The van der Waals surface area contributed by atoms with Crippen molar-refractivity contribution < 1.29 is 14.3 Å². The highest BCUT2D eigenvalue weighted by molar-refractivity contribution is 7.98. The molecule has 2 aromatic carbocycles. The number of thioether (sulfide) groups is 1. The van der Waals surface area contributed by atoms with Crippen LogP contribution in [0.2, 0.25) is 0 Å². The van der Waals surface area contributed by atoms with E-state index >= 15 is 0 Å². The van der Waals surface area contributed by atoms with E-state index in [-0.39, 0.29) is 11.5 Å². The van der Waals surface area contributed by atoms with E-state index in [4.69, 9.17) is 0 Å². The molecule has 1 N–H and O–H groups in total. The van der Waals surface area contributed by atoms with Gasteiger partial charge in [0.05, 0.1) is 0 Å². The van der Waals surface area contributed by atoms with Gasteiger partial charge in [0.15, 0.2) is 5.69 Å². The zero-order valence-corrected chi connectivity index (χ0v) is 13.0. The highest BCUT2D eigenvalue weighted by Crippen LogP contribution is 2.25. The molecule has 0 saturated carbocycles. The van der Waals surface area contributed by atoms with Crippen molar-refractivity contribution in [3.05, 3.63) is 66.2 Å². The van der Waals surface area contributed by atoms with Crippen LogP contribution in [0.3, 0.4) is 0 Å². The minimum absolute atomic E-state index is 0.0572. The third kappa shape index (κ3) is 3.12. The van der Waals surface area contributed by atoms with Crippen molar-refractivity contribution >= 4 is 17.7 Å². The van der Waals surface area contributed by atoms with Crippen LogP contribution >= 0.6 is 11.8 Å². The highest BCUT2D eigenvalue weighted by atomic mass is 32.2. The third-order valence-electron chi connectivity index (χ3n) is 3.38. The van der Waals surface area contributed by atoms with E-state index < -0.39 is 5.97 Å². The van der Waals surface area contributed by atoms with E-state index in [1.54, 1.807) is 28.5 Å². The van der Waals surface area contributed by atoms with Crippen LogP contribution in [-0.2, 0) is 0 Å². The Labute approximate surface area is 136 Å². The number of nitrogens with zero attached hydrogens (tertiary/aromatic N) is 2. The van der Waals surface area contributed by atoms with Crippen LogP contribution in [0.1, 0.15) is 10.5 Å². The lowest BCUT2D eigenvalue weighted by Crippen LogP contribution is -1.96. The molecule has 0 fully saturated rings. The Bertz CT molecular complexity index is 842. The van der Waals surface area contributed by atoms with Gasteiger partial charge in [-0.15, -0.1) is 11.8 Å². The Kier molecular flexibility index (Phi) is 4.16. The molecule has 4 nitrogen and oxygen atoms in total. The van der Waals surface area contributed by atoms with Gasteiger partial charge in [0, 0.05) is 22.3 Å². The molecule has 0 saturated heterocycles. The largest absolute Gasteiger partial charge is 0.476 e. The summed E-state index contributed by atoms with van der Waals surface area (Å²) < 4.78 is 14.8. The van der Waals surface area contributed by atoms with E-state index in [2.05, 4.69) is 4.98 Å². The fourth-order valence-electron chi connectivity index (χ4n) is 2.23. The number of halogens is 1. The molecule has 1 aromatic heterocycles. The number of carboxylic acids is 1. The summed E-state index contributed by atoms with van der Waals surface area (Å²) in [6.07, 6.45) is 3.42. The normalized spacial score (nSPS) is 10.7. The lowest BCUT2D eigenvalue weighted by molar-refractivity contribution is 0.0691. The maximum Gasteiger partial charge on any atom is 0.356 e. The summed E-state index contributed by atoms with van der Waals surface area (Å²) in [5.74, 6) is -0.951. The quantitative estimate of drug-likeness (QED) is 0.733. The van der Waals surface area contributed by atoms with Gasteiger partial charge in [0.2, 0.25) is 0 Å². The summed E-state index contributed by atoms with van der Waals surface area (Å²) >= 11 is 1.62. The molecular weight excluding hydrogens is 315 g/mol. The first kappa shape index (κ1) is 15.3. The molecule has 0 aliphatic rings. The molecule has 0 spiro atoms. The van der Waals surface area contributed by atoms with Gasteiger partial charge >= 0.3 is 5.97 Å². The Balaban J connectivity index is 2.13. The van der Waals surface area contributed by atoms with Crippen molar-refractivity contribution in [1.82, 2.24) is 9.55 Å². The summed E-state index contributed by atoms with van der Waals surface area (Å²) in [5, 5.41) is 9.20. The maximum atomic E-state index is 13.1. The molecule has 0 unspecified atom stereocenters.